The number of hydrogen-bond acceptors (Lipinski definition) is 5. The SMILES string of the molecule is Cc1sc2nc(Cl)nc(NC(CC(C)C)C(=O)O)c2c1C. The number of nitrogens with zero attached hydrogens (tertiary/aromatic N) is 2. The van der Waals surface area contributed by atoms with Crippen LogP contribution in [0.1, 0.15) is 30.7 Å². The molecule has 2 heterocycles. The first-order chi connectivity index (χ1) is 9.79. The zero-order valence-electron chi connectivity index (χ0n) is 12.4. The molecular weight excluding hydrogens is 310 g/mol. The van der Waals surface area contributed by atoms with Gasteiger partial charge in [-0.3, -0.25) is 0 Å². The molecule has 0 amide bonds. The fourth-order valence-corrected chi connectivity index (χ4v) is 3.43. The van der Waals surface area contributed by atoms with Gasteiger partial charge in [0, 0.05) is 4.88 Å². The molecular formula is C14H18ClN3O2S. The Hall–Kier alpha value is -1.40. The number of anilines is 1. The van der Waals surface area contributed by atoms with Crippen LogP contribution >= 0.6 is 22.9 Å². The van der Waals surface area contributed by atoms with E-state index < -0.39 is 12.0 Å². The number of aryl methyl sites for hydroxylation is 2. The lowest BCUT2D eigenvalue weighted by Gasteiger charge is -2.17. The van der Waals surface area contributed by atoms with Gasteiger partial charge in [0.05, 0.1) is 5.39 Å². The number of carbonyl (C=O) groups is 1. The van der Waals surface area contributed by atoms with Crippen LogP contribution in [0.4, 0.5) is 5.82 Å². The molecule has 114 valence electrons. The van der Waals surface area contributed by atoms with Crippen LogP contribution in [0, 0.1) is 19.8 Å². The highest BCUT2D eigenvalue weighted by molar-refractivity contribution is 7.18. The van der Waals surface area contributed by atoms with E-state index in [1.165, 1.54) is 11.3 Å². The highest BCUT2D eigenvalue weighted by atomic mass is 35.5. The second kappa shape index (κ2) is 6.15. The number of nitrogens with one attached hydrogen (secondary N) is 1. The molecule has 2 aromatic heterocycles. The Kier molecular flexibility index (Phi) is 4.68. The number of thiophene rings is 1. The van der Waals surface area contributed by atoms with Gasteiger partial charge in [-0.25, -0.2) is 14.8 Å². The number of rotatable bonds is 5. The van der Waals surface area contributed by atoms with Crippen molar-refractivity contribution in [3.8, 4) is 0 Å². The monoisotopic (exact) mass is 327 g/mol. The maximum absolute atomic E-state index is 11.4. The molecule has 21 heavy (non-hydrogen) atoms. The molecule has 0 fully saturated rings. The predicted octanol–water partition coefficient (Wildman–Crippen LogP) is 3.87. The first kappa shape index (κ1) is 16.0. The first-order valence-corrected chi connectivity index (χ1v) is 7.91. The number of halogens is 1. The molecule has 5 nitrogen and oxygen atoms in total. The molecule has 2 rings (SSSR count). The molecule has 1 unspecified atom stereocenters. The van der Waals surface area contributed by atoms with Crippen LogP contribution in [0.2, 0.25) is 5.28 Å². The Bertz CT molecular complexity index is 684. The second-order valence-electron chi connectivity index (χ2n) is 5.47. The van der Waals surface area contributed by atoms with Crippen molar-refractivity contribution >= 4 is 44.9 Å². The molecule has 0 radical (unpaired) electrons. The average molecular weight is 328 g/mol. The number of aromatic nitrogens is 2. The van der Waals surface area contributed by atoms with Crippen molar-refractivity contribution in [2.75, 3.05) is 5.32 Å². The van der Waals surface area contributed by atoms with Crippen molar-refractivity contribution < 1.29 is 9.90 Å². The minimum Gasteiger partial charge on any atom is -0.480 e. The summed E-state index contributed by atoms with van der Waals surface area (Å²) in [6, 6.07) is -0.696. The predicted molar refractivity (Wildman–Crippen MR) is 86.4 cm³/mol. The van der Waals surface area contributed by atoms with Crippen LogP contribution < -0.4 is 5.32 Å². The smallest absolute Gasteiger partial charge is 0.326 e. The van der Waals surface area contributed by atoms with Crippen LogP contribution in [0.5, 0.6) is 0 Å². The third kappa shape index (κ3) is 3.44. The van der Waals surface area contributed by atoms with Crippen molar-refractivity contribution in [3.63, 3.8) is 0 Å². The first-order valence-electron chi connectivity index (χ1n) is 6.72. The summed E-state index contributed by atoms with van der Waals surface area (Å²) in [5.41, 5.74) is 1.06. The third-order valence-corrected chi connectivity index (χ3v) is 4.59. The van der Waals surface area contributed by atoms with E-state index in [0.717, 1.165) is 20.7 Å². The molecule has 0 aliphatic heterocycles. The lowest BCUT2D eigenvalue weighted by molar-refractivity contribution is -0.138. The van der Waals surface area contributed by atoms with Gasteiger partial charge in [-0.05, 0) is 43.4 Å². The summed E-state index contributed by atoms with van der Waals surface area (Å²) < 4.78 is 0. The zero-order chi connectivity index (χ0) is 15.7. The second-order valence-corrected chi connectivity index (χ2v) is 7.01. The molecule has 0 saturated heterocycles. The van der Waals surface area contributed by atoms with Gasteiger partial charge in [0.15, 0.2) is 0 Å². The van der Waals surface area contributed by atoms with Gasteiger partial charge in [-0.15, -0.1) is 11.3 Å². The number of aliphatic carboxylic acids is 1. The molecule has 2 aromatic rings. The van der Waals surface area contributed by atoms with Crippen LogP contribution in [-0.2, 0) is 4.79 Å². The minimum atomic E-state index is -0.892. The van der Waals surface area contributed by atoms with Gasteiger partial charge in [-0.1, -0.05) is 13.8 Å². The van der Waals surface area contributed by atoms with E-state index in [1.54, 1.807) is 0 Å². The highest BCUT2D eigenvalue weighted by Gasteiger charge is 2.22. The zero-order valence-corrected chi connectivity index (χ0v) is 14.0. The lowest BCUT2D eigenvalue weighted by atomic mass is 10.0. The summed E-state index contributed by atoms with van der Waals surface area (Å²) in [6.07, 6.45) is 0.514. The van der Waals surface area contributed by atoms with Gasteiger partial charge < -0.3 is 10.4 Å². The number of carboxylic acid groups (broad SMARTS) is 1. The van der Waals surface area contributed by atoms with Gasteiger partial charge in [0.1, 0.15) is 16.7 Å². The van der Waals surface area contributed by atoms with Crippen molar-refractivity contribution in [2.45, 2.75) is 40.2 Å². The number of fused-ring (bicyclic) bond motifs is 1. The quantitative estimate of drug-likeness (QED) is 0.815. The highest BCUT2D eigenvalue weighted by Crippen LogP contribution is 2.34. The maximum Gasteiger partial charge on any atom is 0.326 e. The summed E-state index contributed by atoms with van der Waals surface area (Å²) in [5, 5.41) is 13.4. The van der Waals surface area contributed by atoms with Gasteiger partial charge >= 0.3 is 5.97 Å². The Balaban J connectivity index is 2.47. The Morgan fingerprint density at radius 2 is 2.05 bits per heavy atom. The summed E-state index contributed by atoms with van der Waals surface area (Å²) in [4.78, 5) is 21.7. The van der Waals surface area contributed by atoms with E-state index >= 15 is 0 Å². The molecule has 0 spiro atoms. The number of hydrogen-bond donors (Lipinski definition) is 2. The van der Waals surface area contributed by atoms with Crippen LogP contribution in [-0.4, -0.2) is 27.1 Å². The van der Waals surface area contributed by atoms with Crippen LogP contribution in [0.15, 0.2) is 0 Å². The van der Waals surface area contributed by atoms with E-state index in [2.05, 4.69) is 15.3 Å². The summed E-state index contributed by atoms with van der Waals surface area (Å²) in [7, 11) is 0. The Morgan fingerprint density at radius 1 is 1.38 bits per heavy atom. The molecule has 0 aromatic carbocycles. The molecule has 0 bridgehead atoms. The van der Waals surface area contributed by atoms with E-state index in [4.69, 9.17) is 11.6 Å². The third-order valence-electron chi connectivity index (χ3n) is 3.32. The van der Waals surface area contributed by atoms with Gasteiger partial charge in [-0.2, -0.15) is 0 Å². The molecule has 0 aliphatic carbocycles. The Labute approximate surface area is 132 Å². The van der Waals surface area contributed by atoms with Gasteiger partial charge in [0.2, 0.25) is 5.28 Å². The number of carboxylic acids is 1. The van der Waals surface area contributed by atoms with Gasteiger partial charge in [0.25, 0.3) is 0 Å². The molecule has 0 aliphatic rings. The average Bonchev–Trinajstić information content (AvgIpc) is 2.63. The maximum atomic E-state index is 11.4. The summed E-state index contributed by atoms with van der Waals surface area (Å²) >= 11 is 7.48. The summed E-state index contributed by atoms with van der Waals surface area (Å²) in [5.74, 6) is -0.132. The lowest BCUT2D eigenvalue weighted by Crippen LogP contribution is -2.31. The van der Waals surface area contributed by atoms with E-state index in [1.807, 2.05) is 27.7 Å². The standard InChI is InChI=1S/C14H18ClN3O2S/c1-6(2)5-9(13(19)20)16-11-10-7(3)8(4)21-12(10)18-14(15)17-11/h6,9H,5H2,1-4H3,(H,19,20)(H,16,17,18). The van der Waals surface area contributed by atoms with Crippen LogP contribution in [0.25, 0.3) is 10.2 Å². The minimum absolute atomic E-state index is 0.125. The molecule has 7 heteroatoms. The normalized spacial score (nSPS) is 12.9. The van der Waals surface area contributed by atoms with E-state index in [0.29, 0.717) is 12.2 Å². The van der Waals surface area contributed by atoms with E-state index in [-0.39, 0.29) is 11.2 Å². The van der Waals surface area contributed by atoms with Crippen LogP contribution in [0.3, 0.4) is 0 Å². The van der Waals surface area contributed by atoms with Crippen molar-refractivity contribution in [1.29, 1.82) is 0 Å². The van der Waals surface area contributed by atoms with Crippen molar-refractivity contribution in [3.05, 3.63) is 15.7 Å². The Morgan fingerprint density at radius 3 is 2.62 bits per heavy atom. The molecule has 0 saturated carbocycles. The topological polar surface area (TPSA) is 75.1 Å². The summed E-state index contributed by atoms with van der Waals surface area (Å²) in [6.45, 7) is 7.96. The fraction of sp³-hybridized carbons (Fsp3) is 0.500. The van der Waals surface area contributed by atoms with E-state index in [9.17, 15) is 9.90 Å². The van der Waals surface area contributed by atoms with Crippen molar-refractivity contribution in [1.82, 2.24) is 9.97 Å². The fourth-order valence-electron chi connectivity index (χ4n) is 2.19. The largest absolute Gasteiger partial charge is 0.480 e. The van der Waals surface area contributed by atoms with Crippen molar-refractivity contribution in [2.24, 2.45) is 5.92 Å². The molecule has 2 N–H and O–H groups in total. The molecule has 1 atom stereocenters.